The van der Waals surface area contributed by atoms with E-state index in [0.29, 0.717) is 25.4 Å². The van der Waals surface area contributed by atoms with Crippen LogP contribution in [-0.4, -0.2) is 49.3 Å². The summed E-state index contributed by atoms with van der Waals surface area (Å²) in [5.74, 6) is 0.829. The molecule has 7 nitrogen and oxygen atoms in total. The van der Waals surface area contributed by atoms with E-state index in [2.05, 4.69) is 19.9 Å². The van der Waals surface area contributed by atoms with E-state index in [1.165, 1.54) is 0 Å². The number of likely N-dealkylation sites (tertiary alicyclic amines) is 2. The van der Waals surface area contributed by atoms with Crippen molar-refractivity contribution in [1.82, 2.24) is 24.8 Å². The number of rotatable bonds is 5. The molecule has 148 valence electrons. The van der Waals surface area contributed by atoms with Gasteiger partial charge in [-0.1, -0.05) is 18.2 Å². The number of fused-ring (bicyclic) bond motifs is 1. The number of carbonyl (C=O) groups is 1. The highest BCUT2D eigenvalue weighted by atomic mass is 16.3. The minimum atomic E-state index is 0.192. The number of hydrogen-bond donors (Lipinski definition) is 0. The van der Waals surface area contributed by atoms with Crippen molar-refractivity contribution >= 4 is 5.91 Å². The van der Waals surface area contributed by atoms with Gasteiger partial charge in [0.1, 0.15) is 6.26 Å². The highest BCUT2D eigenvalue weighted by Crippen LogP contribution is 2.34. The summed E-state index contributed by atoms with van der Waals surface area (Å²) in [6.07, 6.45) is 6.77. The lowest BCUT2D eigenvalue weighted by Crippen LogP contribution is -2.37. The fourth-order valence-electron chi connectivity index (χ4n) is 4.39. The summed E-state index contributed by atoms with van der Waals surface area (Å²) in [6.45, 7) is 4.09. The number of nitrogens with zero attached hydrogens (tertiary/aromatic N) is 5. The van der Waals surface area contributed by atoms with E-state index in [4.69, 9.17) is 4.42 Å². The Morgan fingerprint density at radius 2 is 1.93 bits per heavy atom. The van der Waals surface area contributed by atoms with Gasteiger partial charge in [0.25, 0.3) is 0 Å². The molecule has 0 unspecified atom stereocenters. The Kier molecular flexibility index (Phi) is 4.60. The van der Waals surface area contributed by atoms with Crippen LogP contribution in [0.5, 0.6) is 0 Å². The van der Waals surface area contributed by atoms with E-state index in [1.807, 2.05) is 42.2 Å². The van der Waals surface area contributed by atoms with Crippen molar-refractivity contribution in [2.45, 2.75) is 44.9 Å². The quantitative estimate of drug-likeness (QED) is 0.668. The van der Waals surface area contributed by atoms with Crippen molar-refractivity contribution in [3.8, 4) is 11.5 Å². The molecular weight excluding hydrogens is 366 g/mol. The van der Waals surface area contributed by atoms with Crippen molar-refractivity contribution < 1.29 is 9.21 Å². The maximum atomic E-state index is 12.7. The summed E-state index contributed by atoms with van der Waals surface area (Å²) in [6, 6.07) is 10.3. The normalized spacial score (nSPS) is 21.7. The van der Waals surface area contributed by atoms with Crippen LogP contribution in [0.25, 0.3) is 11.5 Å². The van der Waals surface area contributed by atoms with Gasteiger partial charge in [-0.2, -0.15) is 0 Å². The zero-order valence-corrected chi connectivity index (χ0v) is 16.4. The SMILES string of the molecule is Cc1cnc(CN2C(=O)C[C@H]3[C@@H]2CCN3Cc2coc(-c3ccccc3)n2)cn1. The van der Waals surface area contributed by atoms with Crippen molar-refractivity contribution in [3.05, 3.63) is 66.1 Å². The molecule has 2 aromatic heterocycles. The third-order valence-corrected chi connectivity index (χ3v) is 5.83. The Morgan fingerprint density at radius 3 is 2.72 bits per heavy atom. The molecule has 0 saturated carbocycles. The highest BCUT2D eigenvalue weighted by Gasteiger charge is 2.46. The van der Waals surface area contributed by atoms with Gasteiger partial charge in [0.15, 0.2) is 0 Å². The summed E-state index contributed by atoms with van der Waals surface area (Å²) in [5.41, 5.74) is 3.60. The maximum Gasteiger partial charge on any atom is 0.226 e. The van der Waals surface area contributed by atoms with E-state index in [-0.39, 0.29) is 18.0 Å². The maximum absolute atomic E-state index is 12.7. The molecule has 0 N–H and O–H groups in total. The van der Waals surface area contributed by atoms with Crippen LogP contribution < -0.4 is 0 Å². The third-order valence-electron chi connectivity index (χ3n) is 5.83. The molecule has 2 saturated heterocycles. The molecule has 1 aromatic carbocycles. The summed E-state index contributed by atoms with van der Waals surface area (Å²) in [4.78, 5) is 30.4. The molecule has 7 heteroatoms. The van der Waals surface area contributed by atoms with Gasteiger partial charge in [-0.25, -0.2) is 4.98 Å². The highest BCUT2D eigenvalue weighted by molar-refractivity contribution is 5.80. The molecule has 4 heterocycles. The Balaban J connectivity index is 1.27. The van der Waals surface area contributed by atoms with E-state index >= 15 is 0 Å². The molecule has 2 fully saturated rings. The van der Waals surface area contributed by atoms with Gasteiger partial charge in [-0.15, -0.1) is 0 Å². The van der Waals surface area contributed by atoms with Crippen LogP contribution >= 0.6 is 0 Å². The minimum absolute atomic E-state index is 0.192. The monoisotopic (exact) mass is 389 g/mol. The molecule has 1 amide bonds. The van der Waals surface area contributed by atoms with Crippen molar-refractivity contribution in [1.29, 1.82) is 0 Å². The number of benzene rings is 1. The van der Waals surface area contributed by atoms with Gasteiger partial charge in [0.2, 0.25) is 11.8 Å². The zero-order chi connectivity index (χ0) is 19.8. The van der Waals surface area contributed by atoms with Gasteiger partial charge >= 0.3 is 0 Å². The Labute approximate surface area is 169 Å². The standard InChI is InChI=1S/C22H23N5O2/c1-15-10-24-17(11-23-15)13-27-19-7-8-26(20(19)9-21(27)28)12-18-14-29-22(25-18)16-5-3-2-4-6-16/h2-6,10-11,14,19-20H,7-9,12-13H2,1H3/t19-,20-/m0/s1. The van der Waals surface area contributed by atoms with E-state index in [0.717, 1.165) is 35.6 Å². The van der Waals surface area contributed by atoms with Crippen molar-refractivity contribution in [2.75, 3.05) is 6.54 Å². The van der Waals surface area contributed by atoms with E-state index in [1.54, 1.807) is 18.7 Å². The van der Waals surface area contributed by atoms with Crippen LogP contribution in [0, 0.1) is 6.92 Å². The predicted molar refractivity (Wildman–Crippen MR) is 106 cm³/mol. The van der Waals surface area contributed by atoms with E-state index < -0.39 is 0 Å². The Hall–Kier alpha value is -3.06. The lowest BCUT2D eigenvalue weighted by atomic mass is 10.1. The smallest absolute Gasteiger partial charge is 0.226 e. The van der Waals surface area contributed by atoms with E-state index in [9.17, 15) is 4.79 Å². The van der Waals surface area contributed by atoms with Crippen molar-refractivity contribution in [2.24, 2.45) is 0 Å². The summed E-state index contributed by atoms with van der Waals surface area (Å²) >= 11 is 0. The van der Waals surface area contributed by atoms with Crippen LogP contribution in [0.15, 0.2) is 53.4 Å². The fraction of sp³-hybridized carbons (Fsp3) is 0.364. The van der Waals surface area contributed by atoms with Crippen LogP contribution in [0.2, 0.25) is 0 Å². The first-order valence-corrected chi connectivity index (χ1v) is 9.98. The molecular formula is C22H23N5O2. The topological polar surface area (TPSA) is 75.4 Å². The molecule has 2 aliphatic heterocycles. The molecule has 0 spiro atoms. The van der Waals surface area contributed by atoms with Crippen molar-refractivity contribution in [3.63, 3.8) is 0 Å². The molecule has 5 rings (SSSR count). The number of aromatic nitrogens is 3. The second-order valence-electron chi connectivity index (χ2n) is 7.78. The average molecular weight is 389 g/mol. The second kappa shape index (κ2) is 7.40. The fourth-order valence-corrected chi connectivity index (χ4v) is 4.39. The van der Waals surface area contributed by atoms with Gasteiger partial charge in [-0.05, 0) is 25.5 Å². The third kappa shape index (κ3) is 3.53. The molecule has 0 aliphatic carbocycles. The molecule has 3 aromatic rings. The second-order valence-corrected chi connectivity index (χ2v) is 7.78. The Morgan fingerprint density at radius 1 is 1.07 bits per heavy atom. The largest absolute Gasteiger partial charge is 0.444 e. The van der Waals surface area contributed by atoms with Crippen LogP contribution in [0.3, 0.4) is 0 Å². The van der Waals surface area contributed by atoms with Gasteiger partial charge < -0.3 is 9.32 Å². The first-order chi connectivity index (χ1) is 14.2. The molecule has 2 aliphatic rings. The number of carbonyl (C=O) groups excluding carboxylic acids is 1. The predicted octanol–water partition coefficient (Wildman–Crippen LogP) is 2.82. The number of oxazole rings is 1. The van der Waals surface area contributed by atoms with Gasteiger partial charge in [-0.3, -0.25) is 19.7 Å². The lowest BCUT2D eigenvalue weighted by molar-refractivity contribution is -0.129. The molecule has 0 bridgehead atoms. The number of aryl methyl sites for hydroxylation is 1. The molecule has 29 heavy (non-hydrogen) atoms. The van der Waals surface area contributed by atoms with Crippen LogP contribution in [0.1, 0.15) is 29.9 Å². The molecule has 0 radical (unpaired) electrons. The van der Waals surface area contributed by atoms with Gasteiger partial charge in [0.05, 0.1) is 29.8 Å². The zero-order valence-electron chi connectivity index (χ0n) is 16.4. The Bertz CT molecular complexity index is 1000. The lowest BCUT2D eigenvalue weighted by Gasteiger charge is -2.24. The summed E-state index contributed by atoms with van der Waals surface area (Å²) in [7, 11) is 0. The minimum Gasteiger partial charge on any atom is -0.444 e. The first kappa shape index (κ1) is 18.0. The van der Waals surface area contributed by atoms with Crippen LogP contribution in [0.4, 0.5) is 0 Å². The molecule has 2 atom stereocenters. The first-order valence-electron chi connectivity index (χ1n) is 9.98. The summed E-state index contributed by atoms with van der Waals surface area (Å²) < 4.78 is 5.67. The van der Waals surface area contributed by atoms with Gasteiger partial charge in [0, 0.05) is 43.4 Å². The van der Waals surface area contributed by atoms with Crippen LogP contribution in [-0.2, 0) is 17.9 Å². The average Bonchev–Trinajstić information content (AvgIpc) is 3.43. The number of amides is 1. The number of hydrogen-bond acceptors (Lipinski definition) is 6. The summed E-state index contributed by atoms with van der Waals surface area (Å²) in [5, 5.41) is 0.